The van der Waals surface area contributed by atoms with Crippen LogP contribution in [0.5, 0.6) is 5.75 Å². The number of benzene rings is 2. The maximum atomic E-state index is 12.0. The first-order chi connectivity index (χ1) is 13.6. The average molecular weight is 380 g/mol. The summed E-state index contributed by atoms with van der Waals surface area (Å²) in [4.78, 5) is 20.6. The molecule has 0 radical (unpaired) electrons. The van der Waals surface area contributed by atoms with Crippen molar-refractivity contribution in [3.8, 4) is 5.75 Å². The van der Waals surface area contributed by atoms with Crippen molar-refractivity contribution in [3.63, 3.8) is 0 Å². The normalized spacial score (nSPS) is 13.7. The van der Waals surface area contributed by atoms with Gasteiger partial charge in [-0.3, -0.25) is 4.79 Å². The number of aliphatic imine (C=N–C) groups is 1. The van der Waals surface area contributed by atoms with Gasteiger partial charge in [-0.2, -0.15) is 0 Å². The number of hydrogen-bond donors (Lipinski definition) is 1. The zero-order valence-corrected chi connectivity index (χ0v) is 16.8. The molecule has 0 bridgehead atoms. The van der Waals surface area contributed by atoms with Crippen LogP contribution in [0, 0.1) is 0 Å². The quantitative estimate of drug-likeness (QED) is 0.639. The van der Waals surface area contributed by atoms with Crippen LogP contribution in [0.3, 0.4) is 0 Å². The van der Waals surface area contributed by atoms with Gasteiger partial charge < -0.3 is 19.9 Å². The van der Waals surface area contributed by atoms with Gasteiger partial charge in [-0.25, -0.2) is 4.99 Å². The van der Waals surface area contributed by atoms with Crippen molar-refractivity contribution >= 4 is 11.9 Å². The first kappa shape index (κ1) is 19.7. The molecule has 2 aromatic carbocycles. The van der Waals surface area contributed by atoms with E-state index in [0.29, 0.717) is 6.54 Å². The van der Waals surface area contributed by atoms with Gasteiger partial charge in [-0.15, -0.1) is 0 Å². The van der Waals surface area contributed by atoms with Crippen molar-refractivity contribution in [2.75, 3.05) is 34.3 Å². The lowest BCUT2D eigenvalue weighted by Gasteiger charge is -2.32. The smallest absolute Gasteiger partial charge is 0.241 e. The molecule has 0 saturated carbocycles. The third kappa shape index (κ3) is 5.03. The number of nitrogens with one attached hydrogen (secondary N) is 1. The maximum absolute atomic E-state index is 12.0. The van der Waals surface area contributed by atoms with Gasteiger partial charge >= 0.3 is 0 Å². The van der Waals surface area contributed by atoms with E-state index in [1.54, 1.807) is 26.1 Å². The Morgan fingerprint density at radius 2 is 1.86 bits per heavy atom. The van der Waals surface area contributed by atoms with Gasteiger partial charge in [0.25, 0.3) is 0 Å². The number of ether oxygens (including phenoxy) is 1. The molecule has 1 aliphatic heterocycles. The number of nitrogens with zero attached hydrogens (tertiary/aromatic N) is 3. The summed E-state index contributed by atoms with van der Waals surface area (Å²) in [6.45, 7) is 2.44. The average Bonchev–Trinajstić information content (AvgIpc) is 2.73. The summed E-state index contributed by atoms with van der Waals surface area (Å²) < 4.78 is 5.21. The van der Waals surface area contributed by atoms with Crippen LogP contribution in [0.2, 0.25) is 0 Å². The van der Waals surface area contributed by atoms with E-state index in [4.69, 9.17) is 9.73 Å². The van der Waals surface area contributed by atoms with Gasteiger partial charge in [-0.05, 0) is 35.2 Å². The molecule has 0 spiro atoms. The molecule has 0 atom stereocenters. The van der Waals surface area contributed by atoms with E-state index in [1.165, 1.54) is 11.1 Å². The molecule has 3 rings (SSSR count). The fourth-order valence-electron chi connectivity index (χ4n) is 3.15. The Hall–Kier alpha value is -3.02. The maximum Gasteiger partial charge on any atom is 0.241 e. The number of carbonyl (C=O) groups excluding carboxylic acids is 1. The molecule has 1 amide bonds. The Bertz CT molecular complexity index is 831. The second-order valence-corrected chi connectivity index (χ2v) is 7.07. The lowest BCUT2D eigenvalue weighted by Crippen LogP contribution is -2.47. The summed E-state index contributed by atoms with van der Waals surface area (Å²) in [5, 5.41) is 3.25. The van der Waals surface area contributed by atoms with Crippen molar-refractivity contribution < 1.29 is 9.53 Å². The van der Waals surface area contributed by atoms with E-state index >= 15 is 0 Å². The van der Waals surface area contributed by atoms with Gasteiger partial charge in [-0.1, -0.05) is 36.4 Å². The monoisotopic (exact) mass is 380 g/mol. The van der Waals surface area contributed by atoms with E-state index in [9.17, 15) is 4.79 Å². The fourth-order valence-corrected chi connectivity index (χ4v) is 3.15. The summed E-state index contributed by atoms with van der Waals surface area (Å²) in [6.07, 6.45) is 0.973. The zero-order valence-electron chi connectivity index (χ0n) is 16.8. The second-order valence-electron chi connectivity index (χ2n) is 7.07. The van der Waals surface area contributed by atoms with Crippen LogP contribution in [-0.4, -0.2) is 56.0 Å². The standard InChI is InChI=1S/C22H28N4O2/c1-25(2)21(27)15-24-22(23-14-17-8-10-20(28-3)11-9-17)26-13-12-18-6-4-5-7-19(18)16-26/h4-11H,12-16H2,1-3H3,(H,23,24). The fraction of sp³-hybridized carbons (Fsp3) is 0.364. The highest BCUT2D eigenvalue weighted by Gasteiger charge is 2.19. The molecule has 28 heavy (non-hydrogen) atoms. The highest BCUT2D eigenvalue weighted by Crippen LogP contribution is 2.19. The van der Waals surface area contributed by atoms with Crippen molar-refractivity contribution in [2.24, 2.45) is 4.99 Å². The van der Waals surface area contributed by atoms with E-state index in [-0.39, 0.29) is 12.5 Å². The second kappa shape index (κ2) is 9.26. The van der Waals surface area contributed by atoms with E-state index in [1.807, 2.05) is 24.3 Å². The molecule has 0 aromatic heterocycles. The SMILES string of the molecule is COc1ccc(CN=C(NCC(=O)N(C)C)N2CCc3ccccc3C2)cc1. The van der Waals surface area contributed by atoms with Crippen LogP contribution in [0.15, 0.2) is 53.5 Å². The van der Waals surface area contributed by atoms with Crippen molar-refractivity contribution in [1.82, 2.24) is 15.1 Å². The van der Waals surface area contributed by atoms with E-state index in [2.05, 4.69) is 34.5 Å². The first-order valence-electron chi connectivity index (χ1n) is 9.50. The van der Waals surface area contributed by atoms with Gasteiger partial charge in [0.15, 0.2) is 5.96 Å². The largest absolute Gasteiger partial charge is 0.497 e. The number of amides is 1. The predicted molar refractivity (Wildman–Crippen MR) is 111 cm³/mol. The zero-order chi connectivity index (χ0) is 19.9. The summed E-state index contributed by atoms with van der Waals surface area (Å²) in [5.74, 6) is 1.62. The molecule has 0 aliphatic carbocycles. The lowest BCUT2D eigenvalue weighted by molar-refractivity contribution is -0.127. The van der Waals surface area contributed by atoms with Gasteiger partial charge in [0.1, 0.15) is 5.75 Å². The minimum atomic E-state index is 0.0227. The predicted octanol–water partition coefficient (Wildman–Crippen LogP) is 2.29. The minimum Gasteiger partial charge on any atom is -0.497 e. The number of guanidine groups is 1. The topological polar surface area (TPSA) is 57.2 Å². The molecule has 0 saturated heterocycles. The number of rotatable bonds is 5. The number of fused-ring (bicyclic) bond motifs is 1. The van der Waals surface area contributed by atoms with Crippen LogP contribution in [-0.2, 0) is 24.3 Å². The Balaban J connectivity index is 1.75. The Labute approximate surface area is 166 Å². The molecule has 2 aromatic rings. The third-order valence-electron chi connectivity index (χ3n) is 4.90. The summed E-state index contributed by atoms with van der Waals surface area (Å²) in [6, 6.07) is 16.4. The molecule has 1 aliphatic rings. The molecule has 0 fully saturated rings. The number of likely N-dealkylation sites (N-methyl/N-ethyl adjacent to an activating group) is 1. The van der Waals surface area contributed by atoms with Crippen LogP contribution < -0.4 is 10.1 Å². The first-order valence-corrected chi connectivity index (χ1v) is 9.50. The Morgan fingerprint density at radius 3 is 2.54 bits per heavy atom. The molecular formula is C22H28N4O2. The minimum absolute atomic E-state index is 0.0227. The molecule has 1 heterocycles. The molecule has 6 heteroatoms. The lowest BCUT2D eigenvalue weighted by atomic mass is 10.0. The van der Waals surface area contributed by atoms with Gasteiger partial charge in [0.2, 0.25) is 5.91 Å². The molecule has 1 N–H and O–H groups in total. The van der Waals surface area contributed by atoms with Crippen LogP contribution in [0.4, 0.5) is 0 Å². The summed E-state index contributed by atoms with van der Waals surface area (Å²) >= 11 is 0. The molecular weight excluding hydrogens is 352 g/mol. The Kier molecular flexibility index (Phi) is 6.53. The molecule has 0 unspecified atom stereocenters. The van der Waals surface area contributed by atoms with Crippen LogP contribution in [0.1, 0.15) is 16.7 Å². The third-order valence-corrected chi connectivity index (χ3v) is 4.90. The van der Waals surface area contributed by atoms with Crippen LogP contribution in [0.25, 0.3) is 0 Å². The van der Waals surface area contributed by atoms with Gasteiger partial charge in [0, 0.05) is 27.2 Å². The Morgan fingerprint density at radius 1 is 1.14 bits per heavy atom. The highest BCUT2D eigenvalue weighted by molar-refractivity contribution is 5.86. The van der Waals surface area contributed by atoms with Crippen molar-refractivity contribution in [2.45, 2.75) is 19.5 Å². The summed E-state index contributed by atoms with van der Waals surface area (Å²) in [7, 11) is 5.18. The highest BCUT2D eigenvalue weighted by atomic mass is 16.5. The number of hydrogen-bond acceptors (Lipinski definition) is 3. The van der Waals surface area contributed by atoms with E-state index < -0.39 is 0 Å². The number of methoxy groups -OCH3 is 1. The molecule has 148 valence electrons. The van der Waals surface area contributed by atoms with E-state index in [0.717, 1.165) is 36.8 Å². The molecule has 6 nitrogen and oxygen atoms in total. The summed E-state index contributed by atoms with van der Waals surface area (Å²) in [5.41, 5.74) is 3.79. The van der Waals surface area contributed by atoms with Crippen LogP contribution >= 0.6 is 0 Å². The number of carbonyl (C=O) groups is 1. The van der Waals surface area contributed by atoms with Crippen molar-refractivity contribution in [1.29, 1.82) is 0 Å². The van der Waals surface area contributed by atoms with Gasteiger partial charge in [0.05, 0.1) is 20.2 Å². The van der Waals surface area contributed by atoms with Crippen molar-refractivity contribution in [3.05, 3.63) is 65.2 Å².